The van der Waals surface area contributed by atoms with Gasteiger partial charge >= 0.3 is 0 Å². The van der Waals surface area contributed by atoms with Crippen LogP contribution in [0, 0.1) is 0 Å². The Morgan fingerprint density at radius 3 is 2.64 bits per heavy atom. The van der Waals surface area contributed by atoms with Crippen molar-refractivity contribution in [1.82, 2.24) is 9.29 Å². The lowest BCUT2D eigenvalue weighted by Gasteiger charge is -2.25. The quantitative estimate of drug-likeness (QED) is 0.564. The minimum absolute atomic E-state index is 0.0683. The molecule has 6 nitrogen and oxygen atoms in total. The van der Waals surface area contributed by atoms with E-state index in [-0.39, 0.29) is 9.77 Å². The van der Waals surface area contributed by atoms with E-state index in [2.05, 4.69) is 10.3 Å². The van der Waals surface area contributed by atoms with Crippen molar-refractivity contribution in [2.45, 2.75) is 24.2 Å². The maximum Gasteiger partial charge on any atom is 0.268 e. The number of thiazole rings is 1. The largest absolute Gasteiger partial charge is 0.297 e. The van der Waals surface area contributed by atoms with Crippen LogP contribution >= 0.6 is 45.6 Å². The molecule has 0 aromatic carbocycles. The van der Waals surface area contributed by atoms with Crippen LogP contribution in [0.25, 0.3) is 10.6 Å². The molecule has 1 aliphatic rings. The van der Waals surface area contributed by atoms with Gasteiger partial charge in [0.2, 0.25) is 10.0 Å². The number of sulfonamides is 1. The van der Waals surface area contributed by atoms with Crippen LogP contribution in [0.5, 0.6) is 0 Å². The summed E-state index contributed by atoms with van der Waals surface area (Å²) in [4.78, 5) is 18.3. The van der Waals surface area contributed by atoms with Gasteiger partial charge in [0.15, 0.2) is 5.13 Å². The molecule has 0 unspecified atom stereocenters. The van der Waals surface area contributed by atoms with Gasteiger partial charge in [-0.05, 0) is 36.4 Å². The van der Waals surface area contributed by atoms with Crippen LogP contribution in [-0.4, -0.2) is 36.7 Å². The Labute approximate surface area is 179 Å². The molecule has 148 valence electrons. The Morgan fingerprint density at radius 1 is 1.14 bits per heavy atom. The summed E-state index contributed by atoms with van der Waals surface area (Å²) < 4.78 is 28.0. The van der Waals surface area contributed by atoms with Crippen LogP contribution in [0.1, 0.15) is 28.9 Å². The summed E-state index contributed by atoms with van der Waals surface area (Å²) in [6.45, 7) is 0.997. The summed E-state index contributed by atoms with van der Waals surface area (Å²) in [5.74, 6) is -0.462. The monoisotopic (exact) mass is 473 g/mol. The average molecular weight is 474 g/mol. The number of nitrogens with one attached hydrogen (secondary N) is 1. The third-order valence-corrected chi connectivity index (χ3v) is 9.31. The molecule has 11 heteroatoms. The van der Waals surface area contributed by atoms with Crippen LogP contribution in [0.3, 0.4) is 0 Å². The fourth-order valence-electron chi connectivity index (χ4n) is 2.96. The van der Waals surface area contributed by atoms with Crippen LogP contribution in [-0.2, 0) is 10.0 Å². The highest BCUT2D eigenvalue weighted by Crippen LogP contribution is 2.33. The zero-order valence-corrected chi connectivity index (χ0v) is 18.6. The number of halogens is 1. The molecule has 1 fully saturated rings. The minimum Gasteiger partial charge on any atom is -0.297 e. The highest BCUT2D eigenvalue weighted by molar-refractivity contribution is 7.89. The first kappa shape index (κ1) is 20.0. The Kier molecular flexibility index (Phi) is 5.86. The van der Waals surface area contributed by atoms with Crippen LogP contribution in [0.4, 0.5) is 5.13 Å². The molecule has 1 aliphatic heterocycles. The summed E-state index contributed by atoms with van der Waals surface area (Å²) in [6, 6.07) is 5.17. The third kappa shape index (κ3) is 4.03. The first-order chi connectivity index (χ1) is 13.4. The molecule has 3 aromatic heterocycles. The molecule has 1 N–H and O–H groups in total. The fraction of sp³-hybridized carbons (Fsp3) is 0.294. The van der Waals surface area contributed by atoms with Gasteiger partial charge in [0, 0.05) is 18.5 Å². The molecular formula is C17H16ClN3O3S4. The van der Waals surface area contributed by atoms with Crippen LogP contribution < -0.4 is 5.32 Å². The molecule has 0 atom stereocenters. The van der Waals surface area contributed by atoms with Crippen molar-refractivity contribution in [3.05, 3.63) is 38.2 Å². The number of piperidine rings is 1. The van der Waals surface area contributed by atoms with Crippen molar-refractivity contribution in [3.63, 3.8) is 0 Å². The summed E-state index contributed by atoms with van der Waals surface area (Å²) >= 11 is 9.77. The van der Waals surface area contributed by atoms with Gasteiger partial charge in [-0.3, -0.25) is 10.1 Å². The number of anilines is 1. The summed E-state index contributed by atoms with van der Waals surface area (Å²) in [5.41, 5.74) is 0.726. The van der Waals surface area contributed by atoms with Gasteiger partial charge in [-0.25, -0.2) is 13.4 Å². The number of hydrogen-bond acceptors (Lipinski definition) is 7. The third-order valence-electron chi connectivity index (χ3n) is 4.32. The molecule has 4 heterocycles. The molecule has 0 aliphatic carbocycles. The topological polar surface area (TPSA) is 79.4 Å². The second kappa shape index (κ2) is 8.21. The Bertz CT molecular complexity index is 1100. The highest BCUT2D eigenvalue weighted by Gasteiger charge is 2.31. The van der Waals surface area contributed by atoms with E-state index in [0.29, 0.717) is 22.6 Å². The van der Waals surface area contributed by atoms with Crippen molar-refractivity contribution < 1.29 is 13.2 Å². The van der Waals surface area contributed by atoms with E-state index < -0.39 is 15.9 Å². The number of hydrogen-bond donors (Lipinski definition) is 1. The van der Waals surface area contributed by atoms with E-state index in [1.807, 2.05) is 11.4 Å². The van der Waals surface area contributed by atoms with Crippen molar-refractivity contribution in [2.24, 2.45) is 0 Å². The molecule has 3 aromatic rings. The smallest absolute Gasteiger partial charge is 0.268 e. The first-order valence-electron chi connectivity index (χ1n) is 8.55. The van der Waals surface area contributed by atoms with Crippen molar-refractivity contribution in [2.75, 3.05) is 18.4 Å². The standard InChI is InChI=1S/C17H16ClN3O3S4/c18-14-5-4-12(27-14)11-10-26-17(19-11)20-16(22)15-13(6-9-25-15)28(23,24)21-7-2-1-3-8-21/h4-6,9-10H,1-3,7-8H2,(H,19,20,22). The van der Waals surface area contributed by atoms with Gasteiger partial charge in [0.25, 0.3) is 5.91 Å². The lowest BCUT2D eigenvalue weighted by molar-refractivity contribution is 0.102. The Morgan fingerprint density at radius 2 is 1.93 bits per heavy atom. The number of nitrogens with zero attached hydrogens (tertiary/aromatic N) is 2. The molecule has 0 saturated carbocycles. The number of aromatic nitrogens is 1. The predicted molar refractivity (Wildman–Crippen MR) is 115 cm³/mol. The average Bonchev–Trinajstić information content (AvgIpc) is 3.42. The summed E-state index contributed by atoms with van der Waals surface area (Å²) in [6.07, 6.45) is 2.73. The SMILES string of the molecule is O=C(Nc1nc(-c2ccc(Cl)s2)cs1)c1sccc1S(=O)(=O)N1CCCCC1. The van der Waals surface area contributed by atoms with Crippen molar-refractivity contribution >= 4 is 66.7 Å². The molecular weight excluding hydrogens is 458 g/mol. The van der Waals surface area contributed by atoms with E-state index in [0.717, 1.165) is 41.2 Å². The van der Waals surface area contributed by atoms with E-state index in [4.69, 9.17) is 11.6 Å². The number of amides is 1. The van der Waals surface area contributed by atoms with Crippen molar-refractivity contribution in [3.8, 4) is 10.6 Å². The predicted octanol–water partition coefficient (Wildman–Crippen LogP) is 5.01. The fourth-order valence-corrected chi connectivity index (χ4v) is 7.56. The lowest BCUT2D eigenvalue weighted by atomic mass is 10.2. The summed E-state index contributed by atoms with van der Waals surface area (Å²) in [5, 5.41) is 6.60. The van der Waals surface area contributed by atoms with Crippen molar-refractivity contribution in [1.29, 1.82) is 0 Å². The second-order valence-electron chi connectivity index (χ2n) is 6.17. The highest BCUT2D eigenvalue weighted by atomic mass is 35.5. The number of thiophene rings is 2. The van der Waals surface area contributed by atoms with E-state index >= 15 is 0 Å². The van der Waals surface area contributed by atoms with Crippen LogP contribution in [0.15, 0.2) is 33.9 Å². The molecule has 0 bridgehead atoms. The number of carbonyl (C=O) groups excluding carboxylic acids is 1. The van der Waals surface area contributed by atoms with Crippen LogP contribution in [0.2, 0.25) is 4.34 Å². The van der Waals surface area contributed by atoms with Gasteiger partial charge < -0.3 is 0 Å². The Balaban J connectivity index is 1.54. The number of rotatable bonds is 5. The summed E-state index contributed by atoms with van der Waals surface area (Å²) in [7, 11) is -3.67. The molecule has 0 radical (unpaired) electrons. The van der Waals surface area contributed by atoms with E-state index in [9.17, 15) is 13.2 Å². The second-order valence-corrected chi connectivity index (χ2v) is 11.6. The normalized spacial score (nSPS) is 15.6. The maximum absolute atomic E-state index is 12.9. The maximum atomic E-state index is 12.9. The molecule has 28 heavy (non-hydrogen) atoms. The first-order valence-corrected chi connectivity index (χ1v) is 12.9. The Hall–Kier alpha value is -1.30. The lowest BCUT2D eigenvalue weighted by Crippen LogP contribution is -2.36. The molecule has 4 rings (SSSR count). The molecule has 0 spiro atoms. The zero-order valence-electron chi connectivity index (χ0n) is 14.6. The number of carbonyl (C=O) groups is 1. The van der Waals surface area contributed by atoms with Gasteiger partial charge in [0.05, 0.1) is 14.9 Å². The van der Waals surface area contributed by atoms with E-state index in [1.165, 1.54) is 33.0 Å². The van der Waals surface area contributed by atoms with Gasteiger partial charge in [-0.1, -0.05) is 18.0 Å². The van der Waals surface area contributed by atoms with E-state index in [1.54, 1.807) is 11.4 Å². The zero-order chi connectivity index (χ0) is 19.7. The minimum atomic E-state index is -3.67. The van der Waals surface area contributed by atoms with Gasteiger partial charge in [-0.2, -0.15) is 4.31 Å². The van der Waals surface area contributed by atoms with Gasteiger partial charge in [-0.15, -0.1) is 34.0 Å². The van der Waals surface area contributed by atoms with Gasteiger partial charge in [0.1, 0.15) is 9.77 Å². The molecule has 1 saturated heterocycles. The molecule has 1 amide bonds.